The van der Waals surface area contributed by atoms with Gasteiger partial charge >= 0.3 is 0 Å². The number of rotatable bonds is 6. The van der Waals surface area contributed by atoms with Crippen molar-refractivity contribution >= 4 is 28.8 Å². The van der Waals surface area contributed by atoms with Crippen LogP contribution in [0.4, 0.5) is 0 Å². The van der Waals surface area contributed by atoms with Crippen molar-refractivity contribution in [3.8, 4) is 0 Å². The molecule has 2 aromatic carbocycles. The number of allylic oxidation sites excluding steroid dienone is 2. The van der Waals surface area contributed by atoms with Gasteiger partial charge in [0.05, 0.1) is 11.4 Å². The summed E-state index contributed by atoms with van der Waals surface area (Å²) in [6.07, 6.45) is 6.71. The van der Waals surface area contributed by atoms with Crippen LogP contribution in [0.15, 0.2) is 78.6 Å². The highest BCUT2D eigenvalue weighted by Gasteiger charge is 2.33. The Balaban J connectivity index is 1.41. The third-order valence-electron chi connectivity index (χ3n) is 6.53. The number of carbonyl (C=O) groups is 1. The van der Waals surface area contributed by atoms with Gasteiger partial charge in [0, 0.05) is 51.1 Å². The molecule has 0 bridgehead atoms. The van der Waals surface area contributed by atoms with E-state index >= 15 is 0 Å². The lowest BCUT2D eigenvalue weighted by Crippen LogP contribution is -2.50. The second-order valence-electron chi connectivity index (χ2n) is 8.72. The van der Waals surface area contributed by atoms with Gasteiger partial charge in [0.2, 0.25) is 5.91 Å². The summed E-state index contributed by atoms with van der Waals surface area (Å²) in [5.41, 5.74) is 5.84. The number of hydrogen-bond donors (Lipinski definition) is 1. The molecule has 1 amide bonds. The molecule has 0 saturated carbocycles. The molecule has 5 rings (SSSR count). The fourth-order valence-corrected chi connectivity index (χ4v) is 4.82. The normalized spacial score (nSPS) is 20.3. The van der Waals surface area contributed by atoms with Gasteiger partial charge in [-0.15, -0.1) is 0 Å². The molecule has 1 atom stereocenters. The molecular weight excluding hydrogens is 448 g/mol. The molecular formula is C27H29ClN4O2. The molecule has 6 nitrogen and oxygen atoms in total. The van der Waals surface area contributed by atoms with Gasteiger partial charge in [-0.2, -0.15) is 0 Å². The van der Waals surface area contributed by atoms with Crippen LogP contribution in [0.5, 0.6) is 0 Å². The molecule has 3 heterocycles. The first-order chi connectivity index (χ1) is 16.6. The lowest BCUT2D eigenvalue weighted by atomic mass is 10.0. The number of ether oxygens (including phenoxy) is 1. The first kappa shape index (κ1) is 22.7. The Labute approximate surface area is 205 Å². The number of nitrogens with zero attached hydrogens (tertiary/aromatic N) is 3. The zero-order chi connectivity index (χ0) is 23.5. The average Bonchev–Trinajstić information content (AvgIpc) is 3.23. The molecule has 1 fully saturated rings. The summed E-state index contributed by atoms with van der Waals surface area (Å²) in [6.45, 7) is 4.03. The summed E-state index contributed by atoms with van der Waals surface area (Å²) < 4.78 is 5.02. The van der Waals surface area contributed by atoms with Crippen molar-refractivity contribution in [2.75, 3.05) is 46.4 Å². The van der Waals surface area contributed by atoms with Crippen molar-refractivity contribution in [1.82, 2.24) is 20.0 Å². The number of hydrogen-bond acceptors (Lipinski definition) is 5. The number of halogens is 1. The van der Waals surface area contributed by atoms with E-state index in [0.29, 0.717) is 13.1 Å². The monoisotopic (exact) mass is 476 g/mol. The van der Waals surface area contributed by atoms with Crippen LogP contribution < -0.4 is 5.32 Å². The smallest absolute Gasteiger partial charge is 0.248 e. The fraction of sp³-hybridized carbons (Fsp3) is 0.296. The Morgan fingerprint density at radius 3 is 2.47 bits per heavy atom. The quantitative estimate of drug-likeness (QED) is 0.689. The van der Waals surface area contributed by atoms with Crippen LogP contribution >= 0.6 is 11.6 Å². The summed E-state index contributed by atoms with van der Waals surface area (Å²) in [7, 11) is 1.56. The van der Waals surface area contributed by atoms with E-state index in [1.165, 1.54) is 16.8 Å². The third-order valence-corrected chi connectivity index (χ3v) is 6.79. The molecule has 3 aliphatic rings. The van der Waals surface area contributed by atoms with E-state index in [1.807, 2.05) is 23.1 Å². The van der Waals surface area contributed by atoms with E-state index in [9.17, 15) is 4.79 Å². The van der Waals surface area contributed by atoms with Crippen LogP contribution in [0.3, 0.4) is 0 Å². The van der Waals surface area contributed by atoms with Crippen molar-refractivity contribution in [2.45, 2.75) is 6.17 Å². The first-order valence-corrected chi connectivity index (χ1v) is 12.0. The molecule has 3 aliphatic heterocycles. The van der Waals surface area contributed by atoms with E-state index < -0.39 is 0 Å². The van der Waals surface area contributed by atoms with Crippen molar-refractivity contribution in [1.29, 1.82) is 0 Å². The zero-order valence-corrected chi connectivity index (χ0v) is 20.0. The van der Waals surface area contributed by atoms with E-state index in [2.05, 4.69) is 69.9 Å². The fourth-order valence-electron chi connectivity index (χ4n) is 4.69. The third kappa shape index (κ3) is 4.75. The van der Waals surface area contributed by atoms with Gasteiger partial charge in [-0.1, -0.05) is 60.1 Å². The molecule has 1 N–H and O–H groups in total. The molecule has 0 aliphatic carbocycles. The van der Waals surface area contributed by atoms with Gasteiger partial charge in [0.25, 0.3) is 0 Å². The minimum absolute atomic E-state index is 0.0578. The molecule has 34 heavy (non-hydrogen) atoms. The molecule has 0 aromatic heterocycles. The van der Waals surface area contributed by atoms with Crippen LogP contribution in [-0.2, 0) is 9.53 Å². The summed E-state index contributed by atoms with van der Waals surface area (Å²) in [6, 6.07) is 18.4. The number of benzene rings is 2. The predicted molar refractivity (Wildman–Crippen MR) is 136 cm³/mol. The SMILES string of the molecule is COCC(=O)N1CCN(CC2=C(c3ccc(Cl)cc3)NC3C=CC(c4ccccc4)=CN23)CC1. The van der Waals surface area contributed by atoms with Gasteiger partial charge < -0.3 is 19.9 Å². The minimum atomic E-state index is 0.0578. The van der Waals surface area contributed by atoms with Gasteiger partial charge in [-0.05, 0) is 34.9 Å². The van der Waals surface area contributed by atoms with E-state index in [-0.39, 0.29) is 18.7 Å². The highest BCUT2D eigenvalue weighted by atomic mass is 35.5. The van der Waals surface area contributed by atoms with Gasteiger partial charge in [0.15, 0.2) is 0 Å². The number of fused-ring (bicyclic) bond motifs is 1. The Bertz CT molecular complexity index is 1120. The molecule has 176 valence electrons. The summed E-state index contributed by atoms with van der Waals surface area (Å²) in [4.78, 5) is 18.9. The maximum Gasteiger partial charge on any atom is 0.248 e. The standard InChI is InChI=1S/C27H29ClN4O2/c1-34-19-26(33)31-15-13-30(14-16-31)18-24-27(21-7-10-23(28)11-8-21)29-25-12-9-22(17-32(24)25)20-5-3-2-4-6-20/h2-12,17,25,29H,13-16,18-19H2,1H3. The van der Waals surface area contributed by atoms with E-state index in [4.69, 9.17) is 16.3 Å². The number of methoxy groups -OCH3 is 1. The van der Waals surface area contributed by atoms with Gasteiger partial charge in [-0.25, -0.2) is 0 Å². The molecule has 1 unspecified atom stereocenters. The predicted octanol–water partition coefficient (Wildman–Crippen LogP) is 3.64. The van der Waals surface area contributed by atoms with Crippen LogP contribution in [0.1, 0.15) is 11.1 Å². The maximum absolute atomic E-state index is 12.2. The highest BCUT2D eigenvalue weighted by Crippen LogP contribution is 2.34. The van der Waals surface area contributed by atoms with Crippen LogP contribution in [0.2, 0.25) is 5.02 Å². The first-order valence-electron chi connectivity index (χ1n) is 11.6. The van der Waals surface area contributed by atoms with E-state index in [1.54, 1.807) is 7.11 Å². The van der Waals surface area contributed by atoms with Crippen molar-refractivity contribution < 1.29 is 9.53 Å². The van der Waals surface area contributed by atoms with Gasteiger partial charge in [-0.3, -0.25) is 9.69 Å². The second-order valence-corrected chi connectivity index (χ2v) is 9.16. The summed E-state index contributed by atoms with van der Waals surface area (Å²) >= 11 is 6.16. The second kappa shape index (κ2) is 10.1. The summed E-state index contributed by atoms with van der Waals surface area (Å²) in [5, 5.41) is 4.43. The van der Waals surface area contributed by atoms with Gasteiger partial charge in [0.1, 0.15) is 12.8 Å². The highest BCUT2D eigenvalue weighted by molar-refractivity contribution is 6.30. The molecule has 0 spiro atoms. The Morgan fingerprint density at radius 1 is 1.03 bits per heavy atom. The molecule has 0 radical (unpaired) electrons. The Kier molecular flexibility index (Phi) is 6.72. The Hall–Kier alpha value is -3.06. The van der Waals surface area contributed by atoms with Crippen molar-refractivity contribution in [3.05, 3.63) is 94.8 Å². The van der Waals surface area contributed by atoms with Crippen molar-refractivity contribution in [2.24, 2.45) is 0 Å². The van der Waals surface area contributed by atoms with E-state index in [0.717, 1.165) is 35.9 Å². The van der Waals surface area contributed by atoms with Crippen LogP contribution in [0.25, 0.3) is 11.3 Å². The number of piperazine rings is 1. The zero-order valence-electron chi connectivity index (χ0n) is 19.3. The van der Waals surface area contributed by atoms with Crippen molar-refractivity contribution in [3.63, 3.8) is 0 Å². The summed E-state index contributed by atoms with van der Waals surface area (Å²) in [5.74, 6) is 0.0578. The lowest BCUT2D eigenvalue weighted by molar-refractivity contribution is -0.136. The number of nitrogens with one attached hydrogen (secondary N) is 1. The minimum Gasteiger partial charge on any atom is -0.375 e. The maximum atomic E-state index is 12.2. The topological polar surface area (TPSA) is 48.1 Å². The van der Waals surface area contributed by atoms with Crippen LogP contribution in [-0.4, -0.2) is 73.2 Å². The van der Waals surface area contributed by atoms with Crippen LogP contribution in [0, 0.1) is 0 Å². The largest absolute Gasteiger partial charge is 0.375 e. The molecule has 1 saturated heterocycles. The number of carbonyl (C=O) groups excluding carboxylic acids is 1. The lowest BCUT2D eigenvalue weighted by Gasteiger charge is -2.36. The molecule has 2 aromatic rings. The number of amides is 1. The average molecular weight is 477 g/mol. The Morgan fingerprint density at radius 2 is 1.76 bits per heavy atom. The molecule has 7 heteroatoms.